The van der Waals surface area contributed by atoms with Crippen LogP contribution in [0.25, 0.3) is 0 Å². The molecule has 0 spiro atoms. The van der Waals surface area contributed by atoms with Crippen molar-refractivity contribution in [3.63, 3.8) is 0 Å². The predicted molar refractivity (Wildman–Crippen MR) is 113 cm³/mol. The molecular weight excluding hydrogens is 384 g/mol. The third-order valence-electron chi connectivity index (χ3n) is 5.99. The molecule has 2 fully saturated rings. The van der Waals surface area contributed by atoms with Gasteiger partial charge in [0.25, 0.3) is 5.91 Å². The van der Waals surface area contributed by atoms with Gasteiger partial charge in [-0.2, -0.15) is 0 Å². The minimum Gasteiger partial charge on any atom is -0.497 e. The molecule has 0 unspecified atom stereocenters. The monoisotopic (exact) mass is 416 g/mol. The fourth-order valence-electron chi connectivity index (χ4n) is 4.16. The van der Waals surface area contributed by atoms with Crippen LogP contribution >= 0.6 is 0 Å². The van der Waals surface area contributed by atoms with Gasteiger partial charge in [-0.15, -0.1) is 0 Å². The van der Waals surface area contributed by atoms with Crippen molar-refractivity contribution in [2.24, 2.45) is 0 Å². The molecule has 2 saturated heterocycles. The number of methoxy groups -OCH3 is 1. The molecule has 30 heavy (non-hydrogen) atoms. The minimum absolute atomic E-state index is 0.0725. The first-order chi connectivity index (χ1) is 14.5. The van der Waals surface area contributed by atoms with Gasteiger partial charge >= 0.3 is 6.03 Å². The number of imide groups is 1. The van der Waals surface area contributed by atoms with Crippen LogP contribution in [-0.2, 0) is 16.0 Å². The fraction of sp³-hybridized carbons (Fsp3) is 0.591. The van der Waals surface area contributed by atoms with Gasteiger partial charge < -0.3 is 15.4 Å². The normalized spacial score (nSPS) is 21.7. The lowest BCUT2D eigenvalue weighted by Crippen LogP contribution is -2.40. The van der Waals surface area contributed by atoms with Gasteiger partial charge in [0.05, 0.1) is 7.11 Å². The smallest absolute Gasteiger partial charge is 0.324 e. The molecule has 0 aromatic heterocycles. The summed E-state index contributed by atoms with van der Waals surface area (Å²) >= 11 is 0. The second kappa shape index (κ2) is 10.4. The highest BCUT2D eigenvalue weighted by atomic mass is 16.5. The summed E-state index contributed by atoms with van der Waals surface area (Å²) in [7, 11) is 1.61. The van der Waals surface area contributed by atoms with Gasteiger partial charge in [-0.05, 0) is 56.5 Å². The van der Waals surface area contributed by atoms with Crippen LogP contribution in [0.4, 0.5) is 4.79 Å². The van der Waals surface area contributed by atoms with E-state index in [9.17, 15) is 14.4 Å². The van der Waals surface area contributed by atoms with Crippen LogP contribution in [0.5, 0.6) is 5.75 Å². The average Bonchev–Trinajstić information content (AvgIpc) is 3.33. The van der Waals surface area contributed by atoms with Crippen LogP contribution < -0.4 is 15.4 Å². The Bertz CT molecular complexity index is 752. The van der Waals surface area contributed by atoms with Crippen LogP contribution in [0, 0.1) is 0 Å². The summed E-state index contributed by atoms with van der Waals surface area (Å²) in [4.78, 5) is 40.6. The van der Waals surface area contributed by atoms with E-state index >= 15 is 0 Å². The number of hydrogen-bond acceptors (Lipinski definition) is 5. The molecule has 2 atom stereocenters. The summed E-state index contributed by atoms with van der Waals surface area (Å²) in [5.41, 5.74) is 1.02. The van der Waals surface area contributed by atoms with E-state index in [4.69, 9.17) is 4.74 Å². The van der Waals surface area contributed by atoms with Crippen molar-refractivity contribution in [3.8, 4) is 5.75 Å². The summed E-state index contributed by atoms with van der Waals surface area (Å²) < 4.78 is 5.13. The molecule has 0 aliphatic carbocycles. The summed E-state index contributed by atoms with van der Waals surface area (Å²) in [6, 6.07) is 6.94. The van der Waals surface area contributed by atoms with Crippen LogP contribution in [0.3, 0.4) is 0 Å². The molecule has 0 radical (unpaired) electrons. The number of nitrogens with zero attached hydrogens (tertiary/aromatic N) is 2. The number of ether oxygens (including phenoxy) is 1. The zero-order valence-electron chi connectivity index (χ0n) is 17.9. The van der Waals surface area contributed by atoms with Gasteiger partial charge in [0.2, 0.25) is 5.91 Å². The van der Waals surface area contributed by atoms with Gasteiger partial charge in [0, 0.05) is 25.6 Å². The summed E-state index contributed by atoms with van der Waals surface area (Å²) in [5.74, 6) is 0.438. The second-order valence-electron chi connectivity index (χ2n) is 7.86. The number of benzene rings is 1. The molecule has 1 aromatic carbocycles. The highest BCUT2D eigenvalue weighted by molar-refractivity contribution is 6.04. The topological polar surface area (TPSA) is 91.0 Å². The molecule has 0 saturated carbocycles. The second-order valence-corrected chi connectivity index (χ2v) is 7.86. The maximum Gasteiger partial charge on any atom is 0.324 e. The Balaban J connectivity index is 1.41. The van der Waals surface area contributed by atoms with E-state index in [2.05, 4.69) is 22.5 Å². The first-order valence-electron chi connectivity index (χ1n) is 10.8. The molecule has 8 heteroatoms. The lowest BCUT2D eigenvalue weighted by molar-refractivity contribution is -0.127. The summed E-state index contributed by atoms with van der Waals surface area (Å²) in [6.45, 7) is 5.18. The van der Waals surface area contributed by atoms with Crippen LogP contribution in [0.2, 0.25) is 0 Å². The Labute approximate surface area is 177 Å². The molecule has 164 valence electrons. The average molecular weight is 417 g/mol. The van der Waals surface area contributed by atoms with Crippen LogP contribution in [0.15, 0.2) is 24.3 Å². The predicted octanol–water partition coefficient (Wildman–Crippen LogP) is 1.54. The van der Waals surface area contributed by atoms with Crippen molar-refractivity contribution >= 4 is 17.8 Å². The molecule has 2 aliphatic heterocycles. The van der Waals surface area contributed by atoms with Crippen LogP contribution in [0.1, 0.15) is 38.2 Å². The lowest BCUT2D eigenvalue weighted by atomic mass is 10.1. The van der Waals surface area contributed by atoms with E-state index < -0.39 is 6.04 Å². The van der Waals surface area contributed by atoms with Gasteiger partial charge in [0.1, 0.15) is 11.8 Å². The molecular formula is C22H32N4O4. The molecule has 2 N–H and O–H groups in total. The fourth-order valence-corrected chi connectivity index (χ4v) is 4.16. The van der Waals surface area contributed by atoms with Crippen molar-refractivity contribution < 1.29 is 19.1 Å². The number of nitrogens with one attached hydrogen (secondary N) is 2. The lowest BCUT2D eigenvalue weighted by Gasteiger charge is -2.22. The molecule has 0 bridgehead atoms. The standard InChI is InChI=1S/C22H32N4O4/c1-3-25-13-4-5-17(25)15-23-20(27)11-10-19-21(28)26(22(29)24-19)14-12-16-6-8-18(30-2)9-7-16/h6-9,17,19H,3-5,10-15H2,1-2H3,(H,23,27)(H,24,29)/t17-,19+/m0/s1. The highest BCUT2D eigenvalue weighted by Gasteiger charge is 2.37. The van der Waals surface area contributed by atoms with Crippen molar-refractivity contribution in [1.82, 2.24) is 20.4 Å². The Morgan fingerprint density at radius 1 is 1.27 bits per heavy atom. The molecule has 8 nitrogen and oxygen atoms in total. The Morgan fingerprint density at radius 3 is 2.73 bits per heavy atom. The summed E-state index contributed by atoms with van der Waals surface area (Å²) in [5, 5.41) is 5.68. The Morgan fingerprint density at radius 2 is 2.03 bits per heavy atom. The number of hydrogen-bond donors (Lipinski definition) is 2. The van der Waals surface area contributed by atoms with Gasteiger partial charge in [0.15, 0.2) is 0 Å². The maximum absolute atomic E-state index is 12.6. The third kappa shape index (κ3) is 5.50. The Hall–Kier alpha value is -2.61. The number of likely N-dealkylation sites (N-methyl/N-ethyl adjacent to an activating group) is 1. The van der Waals surface area contributed by atoms with Gasteiger partial charge in [-0.25, -0.2) is 4.79 Å². The minimum atomic E-state index is -0.627. The zero-order chi connectivity index (χ0) is 21.5. The maximum atomic E-state index is 12.6. The molecule has 2 aliphatic rings. The van der Waals surface area contributed by atoms with Crippen molar-refractivity contribution in [2.45, 2.75) is 51.1 Å². The van der Waals surface area contributed by atoms with Crippen molar-refractivity contribution in [2.75, 3.05) is 33.3 Å². The van der Waals surface area contributed by atoms with E-state index in [1.165, 1.54) is 11.3 Å². The van der Waals surface area contributed by atoms with E-state index in [0.717, 1.165) is 30.8 Å². The first kappa shape index (κ1) is 22.1. The van der Waals surface area contributed by atoms with E-state index in [1.54, 1.807) is 7.11 Å². The first-order valence-corrected chi connectivity index (χ1v) is 10.8. The Kier molecular flexibility index (Phi) is 7.68. The van der Waals surface area contributed by atoms with Crippen LogP contribution in [-0.4, -0.2) is 73.0 Å². The molecule has 1 aromatic rings. The quantitative estimate of drug-likeness (QED) is 0.565. The SMILES string of the molecule is CCN1CCC[C@H]1CNC(=O)CC[C@H]1NC(=O)N(CCc2ccc(OC)cc2)C1=O. The van der Waals surface area contributed by atoms with Crippen molar-refractivity contribution in [1.29, 1.82) is 0 Å². The number of urea groups is 1. The van der Waals surface area contributed by atoms with Crippen molar-refractivity contribution in [3.05, 3.63) is 29.8 Å². The van der Waals surface area contributed by atoms with Gasteiger partial charge in [-0.1, -0.05) is 19.1 Å². The number of amides is 4. The van der Waals surface area contributed by atoms with Gasteiger partial charge in [-0.3, -0.25) is 19.4 Å². The zero-order valence-corrected chi connectivity index (χ0v) is 17.9. The largest absolute Gasteiger partial charge is 0.497 e. The molecule has 4 amide bonds. The van der Waals surface area contributed by atoms with E-state index in [0.29, 0.717) is 32.0 Å². The molecule has 2 heterocycles. The van der Waals surface area contributed by atoms with E-state index in [-0.39, 0.29) is 24.3 Å². The highest BCUT2D eigenvalue weighted by Crippen LogP contribution is 2.17. The van der Waals surface area contributed by atoms with E-state index in [1.807, 2.05) is 24.3 Å². The third-order valence-corrected chi connectivity index (χ3v) is 5.99. The number of carbonyl (C=O) groups is 3. The number of rotatable bonds is 10. The molecule has 3 rings (SSSR count). The number of likely N-dealkylation sites (tertiary alicyclic amines) is 1. The number of carbonyl (C=O) groups excluding carboxylic acids is 3. The summed E-state index contributed by atoms with van der Waals surface area (Å²) in [6.07, 6.45) is 3.39.